The monoisotopic (exact) mass is 395 g/mol. The van der Waals surface area contributed by atoms with Crippen LogP contribution in [0.2, 0.25) is 0 Å². The van der Waals surface area contributed by atoms with Gasteiger partial charge in [-0.1, -0.05) is 50.8 Å². The molecule has 2 heteroatoms. The van der Waals surface area contributed by atoms with E-state index in [0.717, 1.165) is 24.7 Å². The first-order valence-electron chi connectivity index (χ1n) is 12.8. The van der Waals surface area contributed by atoms with Gasteiger partial charge in [-0.05, 0) is 80.8 Å². The number of rotatable bonds is 3. The Bertz CT molecular complexity index is 683. The van der Waals surface area contributed by atoms with Crippen molar-refractivity contribution in [1.82, 2.24) is 0 Å². The summed E-state index contributed by atoms with van der Waals surface area (Å²) in [4.78, 5) is 0. The zero-order valence-corrected chi connectivity index (χ0v) is 18.5. The van der Waals surface area contributed by atoms with Gasteiger partial charge in [0.05, 0.1) is 5.76 Å². The molecule has 6 unspecified atom stereocenters. The molecule has 6 atom stereocenters. The van der Waals surface area contributed by atoms with E-state index in [4.69, 9.17) is 10.5 Å². The second-order valence-electron chi connectivity index (χ2n) is 10.7. The fourth-order valence-corrected chi connectivity index (χ4v) is 7.37. The summed E-state index contributed by atoms with van der Waals surface area (Å²) in [7, 11) is 0. The molecule has 2 saturated carbocycles. The van der Waals surface area contributed by atoms with Crippen molar-refractivity contribution >= 4 is 0 Å². The molecule has 0 aromatic carbocycles. The minimum atomic E-state index is 0.230. The molecule has 1 aliphatic heterocycles. The lowest BCUT2D eigenvalue weighted by Gasteiger charge is -2.37. The van der Waals surface area contributed by atoms with E-state index in [2.05, 4.69) is 25.2 Å². The van der Waals surface area contributed by atoms with Crippen molar-refractivity contribution in [2.45, 2.75) is 103 Å². The lowest BCUT2D eigenvalue weighted by Crippen LogP contribution is -2.36. The largest absolute Gasteiger partial charge is 0.494 e. The first-order chi connectivity index (χ1) is 14.2. The molecule has 2 N–H and O–H groups in total. The zero-order valence-electron chi connectivity index (χ0n) is 18.5. The van der Waals surface area contributed by atoms with Crippen molar-refractivity contribution in [2.24, 2.45) is 35.3 Å². The van der Waals surface area contributed by atoms with Crippen LogP contribution >= 0.6 is 0 Å². The second-order valence-corrected chi connectivity index (χ2v) is 10.7. The molecule has 4 aliphatic carbocycles. The molecule has 0 radical (unpaired) electrons. The molecule has 0 aromatic heterocycles. The van der Waals surface area contributed by atoms with Gasteiger partial charge in [0, 0.05) is 23.8 Å². The normalized spacial score (nSPS) is 40.5. The smallest absolute Gasteiger partial charge is 0.108 e. The molecule has 160 valence electrons. The molecule has 0 bridgehead atoms. The summed E-state index contributed by atoms with van der Waals surface area (Å²) in [6.45, 7) is 2.43. The Labute approximate surface area is 178 Å². The van der Waals surface area contributed by atoms with Crippen LogP contribution in [0.4, 0.5) is 0 Å². The number of fused-ring (bicyclic) bond motifs is 2. The summed E-state index contributed by atoms with van der Waals surface area (Å²) in [6, 6.07) is 0.230. The maximum absolute atomic E-state index is 6.99. The van der Waals surface area contributed by atoms with Crippen LogP contribution in [0.5, 0.6) is 0 Å². The summed E-state index contributed by atoms with van der Waals surface area (Å²) < 4.78 is 6.99. The van der Waals surface area contributed by atoms with Gasteiger partial charge in [-0.3, -0.25) is 0 Å². The van der Waals surface area contributed by atoms with E-state index in [1.165, 1.54) is 82.0 Å². The summed E-state index contributed by atoms with van der Waals surface area (Å²) >= 11 is 0. The Hall–Kier alpha value is -1.02. The third kappa shape index (κ3) is 3.87. The third-order valence-electron chi connectivity index (χ3n) is 8.93. The van der Waals surface area contributed by atoms with Crippen molar-refractivity contribution in [3.8, 4) is 0 Å². The predicted octanol–water partition coefficient (Wildman–Crippen LogP) is 6.68. The molecule has 0 amide bonds. The van der Waals surface area contributed by atoms with Crippen LogP contribution in [0.3, 0.4) is 0 Å². The second kappa shape index (κ2) is 8.61. The maximum atomic E-state index is 6.99. The van der Waals surface area contributed by atoms with E-state index in [1.54, 1.807) is 5.57 Å². The third-order valence-corrected chi connectivity index (χ3v) is 8.93. The van der Waals surface area contributed by atoms with Crippen LogP contribution in [-0.4, -0.2) is 12.1 Å². The number of allylic oxidation sites excluding steroid dienone is 3. The van der Waals surface area contributed by atoms with Crippen LogP contribution in [0.15, 0.2) is 35.1 Å². The Morgan fingerprint density at radius 3 is 2.62 bits per heavy atom. The van der Waals surface area contributed by atoms with E-state index >= 15 is 0 Å². The number of hydrogen-bond donors (Lipinski definition) is 1. The van der Waals surface area contributed by atoms with E-state index in [-0.39, 0.29) is 6.04 Å². The van der Waals surface area contributed by atoms with Crippen molar-refractivity contribution in [3.63, 3.8) is 0 Å². The summed E-state index contributed by atoms with van der Waals surface area (Å²) in [5.74, 6) is 5.07. The number of hydrogen-bond acceptors (Lipinski definition) is 2. The Morgan fingerprint density at radius 1 is 0.966 bits per heavy atom. The molecule has 29 heavy (non-hydrogen) atoms. The van der Waals surface area contributed by atoms with Gasteiger partial charge in [0.2, 0.25) is 0 Å². The highest BCUT2D eigenvalue weighted by Gasteiger charge is 2.48. The van der Waals surface area contributed by atoms with E-state index < -0.39 is 0 Å². The molecular formula is C27H41NO. The average molecular weight is 396 g/mol. The topological polar surface area (TPSA) is 35.2 Å². The first kappa shape index (κ1) is 19.9. The molecule has 1 heterocycles. The highest BCUT2D eigenvalue weighted by atomic mass is 16.5. The lowest BCUT2D eigenvalue weighted by molar-refractivity contribution is 0.000260. The van der Waals surface area contributed by atoms with E-state index in [0.29, 0.717) is 23.9 Å². The van der Waals surface area contributed by atoms with Crippen molar-refractivity contribution in [2.75, 3.05) is 0 Å². The summed E-state index contributed by atoms with van der Waals surface area (Å²) in [6.07, 6.45) is 25.1. The fraction of sp³-hybridized carbons (Fsp3) is 0.778. The van der Waals surface area contributed by atoms with Crippen LogP contribution in [0.25, 0.3) is 0 Å². The Kier molecular flexibility index (Phi) is 5.92. The standard InChI is InChI=1S/C27H41NO/c1-18(17-20-11-5-6-16-25(20)28)21-12-7-14-23-24-15-8-13-22(27(24)29-26(21)23)19-9-3-2-4-10-19/h5,11,17-19,21-23,25-26H,2-4,6-10,12-16,28H2,1H3/b20-17-. The SMILES string of the molecule is CC(/C=C1/C=CCCC1N)C1CCCC2C3=C(OC21)C(C1CCCCC1)CCC3. The maximum Gasteiger partial charge on any atom is 0.108 e. The lowest BCUT2D eigenvalue weighted by atomic mass is 9.68. The molecule has 5 rings (SSSR count). The minimum absolute atomic E-state index is 0.230. The van der Waals surface area contributed by atoms with E-state index in [1.807, 2.05) is 0 Å². The van der Waals surface area contributed by atoms with Crippen molar-refractivity contribution < 1.29 is 4.74 Å². The number of nitrogens with two attached hydrogens (primary N) is 1. The van der Waals surface area contributed by atoms with Gasteiger partial charge in [0.25, 0.3) is 0 Å². The highest BCUT2D eigenvalue weighted by Crippen LogP contribution is 2.53. The highest BCUT2D eigenvalue weighted by molar-refractivity contribution is 5.30. The predicted molar refractivity (Wildman–Crippen MR) is 120 cm³/mol. The molecule has 0 spiro atoms. The number of ether oxygens (including phenoxy) is 1. The molecule has 5 aliphatic rings. The molecular weight excluding hydrogens is 354 g/mol. The molecule has 2 fully saturated rings. The van der Waals surface area contributed by atoms with Crippen molar-refractivity contribution in [3.05, 3.63) is 35.1 Å². The Morgan fingerprint density at radius 2 is 1.79 bits per heavy atom. The molecule has 2 nitrogen and oxygen atoms in total. The van der Waals surface area contributed by atoms with Crippen LogP contribution in [0.1, 0.15) is 90.4 Å². The minimum Gasteiger partial charge on any atom is -0.494 e. The van der Waals surface area contributed by atoms with E-state index in [9.17, 15) is 0 Å². The Balaban J connectivity index is 1.35. The van der Waals surface area contributed by atoms with Gasteiger partial charge in [0.1, 0.15) is 6.10 Å². The summed E-state index contributed by atoms with van der Waals surface area (Å²) in [5, 5.41) is 0. The van der Waals surface area contributed by atoms with Gasteiger partial charge in [-0.15, -0.1) is 0 Å². The molecule has 0 aromatic rings. The average Bonchev–Trinajstić information content (AvgIpc) is 3.15. The van der Waals surface area contributed by atoms with Crippen LogP contribution in [-0.2, 0) is 4.74 Å². The summed E-state index contributed by atoms with van der Waals surface area (Å²) in [5.41, 5.74) is 9.52. The van der Waals surface area contributed by atoms with Gasteiger partial charge in [-0.25, -0.2) is 0 Å². The van der Waals surface area contributed by atoms with Crippen molar-refractivity contribution in [1.29, 1.82) is 0 Å². The van der Waals surface area contributed by atoms with Gasteiger partial charge < -0.3 is 10.5 Å². The zero-order chi connectivity index (χ0) is 19.8. The fourth-order valence-electron chi connectivity index (χ4n) is 7.37. The van der Waals surface area contributed by atoms with Gasteiger partial charge >= 0.3 is 0 Å². The molecule has 0 saturated heterocycles. The van der Waals surface area contributed by atoms with Crippen LogP contribution < -0.4 is 5.73 Å². The quantitative estimate of drug-likeness (QED) is 0.579. The van der Waals surface area contributed by atoms with Crippen LogP contribution in [0, 0.1) is 29.6 Å². The van der Waals surface area contributed by atoms with Gasteiger partial charge in [0.15, 0.2) is 0 Å². The van der Waals surface area contributed by atoms with Gasteiger partial charge in [-0.2, -0.15) is 0 Å². The first-order valence-corrected chi connectivity index (χ1v) is 12.8.